The van der Waals surface area contributed by atoms with Crippen LogP contribution in [0.4, 0.5) is 0 Å². The summed E-state index contributed by atoms with van der Waals surface area (Å²) in [5.41, 5.74) is 7.36. The molecule has 2 aromatic carbocycles. The molecule has 3 N–H and O–H groups in total. The van der Waals surface area contributed by atoms with Crippen LogP contribution >= 0.6 is 11.3 Å². The molecule has 3 nitrogen and oxygen atoms in total. The zero-order valence-corrected chi connectivity index (χ0v) is 20.8. The minimum atomic E-state index is 0.456. The zero-order chi connectivity index (χ0) is 23.6. The van der Waals surface area contributed by atoms with E-state index in [1.54, 1.807) is 6.20 Å². The summed E-state index contributed by atoms with van der Waals surface area (Å²) in [6.07, 6.45) is 8.21. The van der Waals surface area contributed by atoms with Gasteiger partial charge in [0.2, 0.25) is 0 Å². The Bertz CT molecular complexity index is 1090. The first-order valence-electron chi connectivity index (χ1n) is 11.5. The van der Waals surface area contributed by atoms with Crippen LogP contribution in [0.2, 0.25) is 0 Å². The Labute approximate surface area is 202 Å². The van der Waals surface area contributed by atoms with Crippen molar-refractivity contribution in [3.63, 3.8) is 0 Å². The molecule has 0 saturated heterocycles. The van der Waals surface area contributed by atoms with Crippen molar-refractivity contribution >= 4 is 23.1 Å². The minimum absolute atomic E-state index is 0.456. The highest BCUT2D eigenvalue weighted by Gasteiger charge is 2.13. The van der Waals surface area contributed by atoms with Crippen molar-refractivity contribution in [2.45, 2.75) is 39.0 Å². The van der Waals surface area contributed by atoms with Crippen molar-refractivity contribution in [3.8, 4) is 10.4 Å². The third-order valence-corrected chi connectivity index (χ3v) is 7.08. The molecule has 0 fully saturated rings. The molecular formula is C29H35N3S. The Morgan fingerprint density at radius 3 is 2.48 bits per heavy atom. The van der Waals surface area contributed by atoms with Crippen LogP contribution in [0, 0.1) is 19.3 Å². The Morgan fingerprint density at radius 2 is 1.85 bits per heavy atom. The highest BCUT2D eigenvalue weighted by Crippen LogP contribution is 2.32. The Hall–Kier alpha value is -3.11. The van der Waals surface area contributed by atoms with E-state index in [9.17, 15) is 0 Å². The van der Waals surface area contributed by atoms with Gasteiger partial charge in [-0.15, -0.1) is 11.3 Å². The van der Waals surface area contributed by atoms with E-state index in [1.807, 2.05) is 24.6 Å². The van der Waals surface area contributed by atoms with Crippen LogP contribution in [0.1, 0.15) is 45.9 Å². The number of hydrogen-bond donors (Lipinski definition) is 3. The van der Waals surface area contributed by atoms with Crippen LogP contribution in [0.25, 0.3) is 16.0 Å². The lowest BCUT2D eigenvalue weighted by molar-refractivity contribution is 0.565. The van der Waals surface area contributed by atoms with E-state index >= 15 is 0 Å². The van der Waals surface area contributed by atoms with Crippen LogP contribution in [-0.4, -0.2) is 19.8 Å². The van der Waals surface area contributed by atoms with Gasteiger partial charge in [0.15, 0.2) is 0 Å². The fourth-order valence-corrected chi connectivity index (χ4v) is 5.11. The first kappa shape index (κ1) is 24.5. The fourth-order valence-electron chi connectivity index (χ4n) is 4.16. The molecule has 172 valence electrons. The summed E-state index contributed by atoms with van der Waals surface area (Å²) < 4.78 is 0. The van der Waals surface area contributed by atoms with Crippen molar-refractivity contribution < 1.29 is 0 Å². The molecule has 3 rings (SSSR count). The van der Waals surface area contributed by atoms with Crippen LogP contribution in [0.3, 0.4) is 0 Å². The molecule has 4 heteroatoms. The molecule has 0 aliphatic carbocycles. The van der Waals surface area contributed by atoms with Gasteiger partial charge < -0.3 is 16.0 Å². The molecule has 0 amide bonds. The van der Waals surface area contributed by atoms with E-state index in [4.69, 9.17) is 5.41 Å². The molecule has 3 aromatic rings. The first-order chi connectivity index (χ1) is 16.0. The number of thiophene rings is 1. The van der Waals surface area contributed by atoms with Crippen molar-refractivity contribution in [3.05, 3.63) is 101 Å². The minimum Gasteiger partial charge on any atom is -0.393 e. The lowest BCUT2D eigenvalue weighted by Gasteiger charge is -2.19. The fraction of sp³-hybridized carbons (Fsp3) is 0.276. The maximum Gasteiger partial charge on any atom is 0.0348 e. The number of allylic oxidation sites excluding steroid dienone is 1. The first-order valence-corrected chi connectivity index (χ1v) is 12.4. The van der Waals surface area contributed by atoms with E-state index in [1.165, 1.54) is 38.2 Å². The molecule has 0 aliphatic rings. The highest BCUT2D eigenvalue weighted by atomic mass is 32.1. The van der Waals surface area contributed by atoms with E-state index in [-0.39, 0.29) is 0 Å². The number of hydrogen-bond acceptors (Lipinski definition) is 4. The molecule has 1 heterocycles. The normalized spacial score (nSPS) is 12.3. The van der Waals surface area contributed by atoms with Gasteiger partial charge in [0.05, 0.1) is 0 Å². The van der Waals surface area contributed by atoms with Gasteiger partial charge in [-0.05, 0) is 85.2 Å². The number of nitrogens with one attached hydrogen (secondary N) is 3. The van der Waals surface area contributed by atoms with Crippen LogP contribution in [0.5, 0.6) is 0 Å². The quantitative estimate of drug-likeness (QED) is 0.201. The van der Waals surface area contributed by atoms with Crippen LogP contribution < -0.4 is 10.6 Å². The number of aryl methyl sites for hydroxylation is 3. The summed E-state index contributed by atoms with van der Waals surface area (Å²) in [6.45, 7) is 9.06. The standard InChI is InChI=1S/C29H35N3S/c1-5-32-17-16-26(24-11-13-25(14-12-24)27(19-30)20-31-4)10-9-23-8-6-21(2)28(18-23)29-15-7-22(3)33-29/h5-8,11-15,18-20,26,30-32H,1,9-10,16-17H2,2-4H3/b27-20+,30-19?. The van der Waals surface area contributed by atoms with Crippen LogP contribution in [0.15, 0.2) is 73.6 Å². The van der Waals surface area contributed by atoms with E-state index in [2.05, 4.69) is 85.7 Å². The predicted octanol–water partition coefficient (Wildman–Crippen LogP) is 7.08. The maximum absolute atomic E-state index is 7.66. The van der Waals surface area contributed by atoms with Gasteiger partial charge in [-0.1, -0.05) is 49.0 Å². The second-order valence-corrected chi connectivity index (χ2v) is 9.68. The van der Waals surface area contributed by atoms with Gasteiger partial charge in [0.25, 0.3) is 0 Å². The van der Waals surface area contributed by atoms with Crippen molar-refractivity contribution in [2.75, 3.05) is 13.6 Å². The summed E-state index contributed by atoms with van der Waals surface area (Å²) >= 11 is 1.86. The average molecular weight is 458 g/mol. The van der Waals surface area contributed by atoms with Crippen molar-refractivity contribution in [1.29, 1.82) is 5.41 Å². The molecule has 0 saturated carbocycles. The zero-order valence-electron chi connectivity index (χ0n) is 19.9. The summed E-state index contributed by atoms with van der Waals surface area (Å²) in [4.78, 5) is 2.70. The molecular weight excluding hydrogens is 422 g/mol. The topological polar surface area (TPSA) is 47.9 Å². The highest BCUT2D eigenvalue weighted by molar-refractivity contribution is 7.15. The molecule has 0 aliphatic heterocycles. The summed E-state index contributed by atoms with van der Waals surface area (Å²) in [7, 11) is 1.86. The molecule has 0 spiro atoms. The van der Waals surface area contributed by atoms with E-state index < -0.39 is 0 Å². The van der Waals surface area contributed by atoms with Gasteiger partial charge in [-0.25, -0.2) is 0 Å². The van der Waals surface area contributed by atoms with Gasteiger partial charge in [0.1, 0.15) is 0 Å². The molecule has 0 bridgehead atoms. The molecule has 1 atom stereocenters. The third kappa shape index (κ3) is 6.69. The predicted molar refractivity (Wildman–Crippen MR) is 145 cm³/mol. The molecule has 0 radical (unpaired) electrons. The third-order valence-electron chi connectivity index (χ3n) is 6.04. The summed E-state index contributed by atoms with van der Waals surface area (Å²) in [5, 5.41) is 13.9. The maximum atomic E-state index is 7.66. The molecule has 1 unspecified atom stereocenters. The SMILES string of the molecule is C=CNCCC(CCc1ccc(C)c(-c2ccc(C)s2)c1)c1ccc(/C(C=N)=C/NC)cc1. The Morgan fingerprint density at radius 1 is 1.06 bits per heavy atom. The van der Waals surface area contributed by atoms with Gasteiger partial charge in [0, 0.05) is 41.3 Å². The Kier molecular flexibility index (Phi) is 9.08. The van der Waals surface area contributed by atoms with E-state index in [0.29, 0.717) is 5.92 Å². The smallest absolute Gasteiger partial charge is 0.0348 e. The summed E-state index contributed by atoms with van der Waals surface area (Å²) in [6, 6.07) is 20.0. The monoisotopic (exact) mass is 457 g/mol. The molecule has 33 heavy (non-hydrogen) atoms. The van der Waals surface area contributed by atoms with E-state index in [0.717, 1.165) is 36.9 Å². The number of rotatable bonds is 12. The number of benzene rings is 2. The van der Waals surface area contributed by atoms with Crippen molar-refractivity contribution in [1.82, 2.24) is 10.6 Å². The average Bonchev–Trinajstić information content (AvgIpc) is 3.27. The lowest BCUT2D eigenvalue weighted by Crippen LogP contribution is -2.12. The largest absolute Gasteiger partial charge is 0.393 e. The second-order valence-electron chi connectivity index (χ2n) is 8.40. The lowest BCUT2D eigenvalue weighted by atomic mass is 9.88. The van der Waals surface area contributed by atoms with Crippen LogP contribution in [-0.2, 0) is 6.42 Å². The van der Waals surface area contributed by atoms with Gasteiger partial charge >= 0.3 is 0 Å². The van der Waals surface area contributed by atoms with Crippen molar-refractivity contribution in [2.24, 2.45) is 0 Å². The van der Waals surface area contributed by atoms with Gasteiger partial charge in [-0.2, -0.15) is 0 Å². The van der Waals surface area contributed by atoms with Gasteiger partial charge in [-0.3, -0.25) is 0 Å². The summed E-state index contributed by atoms with van der Waals surface area (Å²) in [5.74, 6) is 0.456. The molecule has 1 aromatic heterocycles. The Balaban J connectivity index is 1.77. The second kappa shape index (κ2) is 12.2.